The first kappa shape index (κ1) is 19.3. The molecule has 0 aromatic heterocycles. The van der Waals surface area contributed by atoms with Crippen LogP contribution in [0, 0.1) is 6.92 Å². The van der Waals surface area contributed by atoms with Crippen molar-refractivity contribution in [1.29, 1.82) is 0 Å². The third-order valence-electron chi connectivity index (χ3n) is 4.01. The Balaban J connectivity index is 2.15. The van der Waals surface area contributed by atoms with Gasteiger partial charge in [0.25, 0.3) is 20.0 Å². The molecule has 0 aliphatic rings. The molecule has 0 aliphatic carbocycles. The summed E-state index contributed by atoms with van der Waals surface area (Å²) in [6.45, 7) is 1.58. The molecule has 0 saturated carbocycles. The predicted molar refractivity (Wildman–Crippen MR) is 104 cm³/mol. The Bertz CT molecular complexity index is 1060. The fourth-order valence-corrected chi connectivity index (χ4v) is 6.34. The summed E-state index contributed by atoms with van der Waals surface area (Å²) in [5.74, 6) is 0. The van der Waals surface area contributed by atoms with Gasteiger partial charge in [-0.3, -0.25) is 0 Å². The molecule has 0 atom stereocenters. The molecule has 0 fully saturated rings. The van der Waals surface area contributed by atoms with Crippen LogP contribution in [0.25, 0.3) is 0 Å². The molecular formula is C20H19NO4S2. The highest BCUT2D eigenvalue weighted by Gasteiger charge is 2.36. The second-order valence-electron chi connectivity index (χ2n) is 6.06. The SMILES string of the molecule is Cc1cccc(CN(S(=O)(=O)c2ccccc2)S(=O)(=O)c2ccccc2)c1. The molecule has 0 unspecified atom stereocenters. The van der Waals surface area contributed by atoms with E-state index in [9.17, 15) is 16.8 Å². The van der Waals surface area contributed by atoms with Gasteiger partial charge in [0.1, 0.15) is 0 Å². The van der Waals surface area contributed by atoms with E-state index in [2.05, 4.69) is 0 Å². The summed E-state index contributed by atoms with van der Waals surface area (Å²) >= 11 is 0. The van der Waals surface area contributed by atoms with Crippen LogP contribution < -0.4 is 0 Å². The van der Waals surface area contributed by atoms with Gasteiger partial charge < -0.3 is 0 Å². The topological polar surface area (TPSA) is 71.5 Å². The van der Waals surface area contributed by atoms with E-state index in [0.29, 0.717) is 9.27 Å². The molecule has 3 aromatic carbocycles. The van der Waals surface area contributed by atoms with Crippen LogP contribution in [0.4, 0.5) is 0 Å². The maximum atomic E-state index is 13.2. The van der Waals surface area contributed by atoms with Crippen LogP contribution in [-0.2, 0) is 26.6 Å². The van der Waals surface area contributed by atoms with Crippen molar-refractivity contribution < 1.29 is 16.8 Å². The Morgan fingerprint density at radius 1 is 0.667 bits per heavy atom. The predicted octanol–water partition coefficient (Wildman–Crippen LogP) is 3.57. The van der Waals surface area contributed by atoms with Gasteiger partial charge in [-0.1, -0.05) is 69.9 Å². The lowest BCUT2D eigenvalue weighted by atomic mass is 10.1. The lowest BCUT2D eigenvalue weighted by Gasteiger charge is -2.22. The monoisotopic (exact) mass is 401 g/mol. The van der Waals surface area contributed by atoms with Gasteiger partial charge in [-0.2, -0.15) is 0 Å². The summed E-state index contributed by atoms with van der Waals surface area (Å²) in [6, 6.07) is 22.3. The normalized spacial score (nSPS) is 12.2. The van der Waals surface area contributed by atoms with Gasteiger partial charge in [-0.25, -0.2) is 16.8 Å². The van der Waals surface area contributed by atoms with E-state index in [1.54, 1.807) is 54.6 Å². The zero-order valence-corrected chi connectivity index (χ0v) is 16.3. The molecule has 27 heavy (non-hydrogen) atoms. The first-order chi connectivity index (χ1) is 12.8. The van der Waals surface area contributed by atoms with Gasteiger partial charge in [0, 0.05) is 0 Å². The Morgan fingerprint density at radius 3 is 1.59 bits per heavy atom. The minimum absolute atomic E-state index is 0.0721. The summed E-state index contributed by atoms with van der Waals surface area (Å²) in [5, 5.41) is 0. The first-order valence-electron chi connectivity index (χ1n) is 8.25. The lowest BCUT2D eigenvalue weighted by molar-refractivity contribution is 0.494. The summed E-state index contributed by atoms with van der Waals surface area (Å²) in [7, 11) is -8.55. The number of nitrogens with zero attached hydrogens (tertiary/aromatic N) is 1. The Kier molecular flexibility index (Phi) is 5.46. The number of aryl methyl sites for hydroxylation is 1. The lowest BCUT2D eigenvalue weighted by Crippen LogP contribution is -2.36. The number of sulfonamides is 2. The molecular weight excluding hydrogens is 382 g/mol. The molecule has 7 heteroatoms. The molecule has 0 bridgehead atoms. The van der Waals surface area contributed by atoms with Crippen LogP contribution in [-0.4, -0.2) is 20.5 Å². The van der Waals surface area contributed by atoms with Crippen LogP contribution in [0.1, 0.15) is 11.1 Å². The average molecular weight is 402 g/mol. The van der Waals surface area contributed by atoms with E-state index in [1.165, 1.54) is 24.3 Å². The molecule has 0 N–H and O–H groups in total. The minimum Gasteiger partial charge on any atom is -0.206 e. The number of rotatable bonds is 6. The maximum absolute atomic E-state index is 13.2. The number of hydrogen-bond acceptors (Lipinski definition) is 4. The molecule has 0 saturated heterocycles. The Labute approximate surface area is 160 Å². The van der Waals surface area contributed by atoms with Crippen molar-refractivity contribution in [3.05, 3.63) is 96.1 Å². The summed E-state index contributed by atoms with van der Waals surface area (Å²) in [5.41, 5.74) is 1.51. The van der Waals surface area contributed by atoms with E-state index < -0.39 is 20.0 Å². The highest BCUT2D eigenvalue weighted by atomic mass is 32.3. The quantitative estimate of drug-likeness (QED) is 0.633. The van der Waals surface area contributed by atoms with E-state index in [4.69, 9.17) is 0 Å². The van der Waals surface area contributed by atoms with Gasteiger partial charge in [0.15, 0.2) is 0 Å². The van der Waals surface area contributed by atoms with Crippen molar-refractivity contribution in [2.24, 2.45) is 0 Å². The van der Waals surface area contributed by atoms with Crippen LogP contribution in [0.3, 0.4) is 0 Å². The summed E-state index contributed by atoms with van der Waals surface area (Å²) in [4.78, 5) is -0.144. The van der Waals surface area contributed by atoms with Gasteiger partial charge in [0.05, 0.1) is 16.3 Å². The van der Waals surface area contributed by atoms with Gasteiger partial charge in [-0.05, 0) is 36.8 Å². The molecule has 0 heterocycles. The zero-order chi connectivity index (χ0) is 19.5. The standard InChI is InChI=1S/C20H19NO4S2/c1-17-9-8-10-18(15-17)16-21(26(22,23)19-11-4-2-5-12-19)27(24,25)20-13-6-3-7-14-20/h2-15H,16H2,1H3. The van der Waals surface area contributed by atoms with Crippen molar-refractivity contribution >= 4 is 20.0 Å². The fraction of sp³-hybridized carbons (Fsp3) is 0.100. The number of benzene rings is 3. The van der Waals surface area contributed by atoms with Crippen molar-refractivity contribution in [2.45, 2.75) is 23.3 Å². The highest BCUT2D eigenvalue weighted by Crippen LogP contribution is 2.26. The fourth-order valence-electron chi connectivity index (χ4n) is 2.68. The van der Waals surface area contributed by atoms with Crippen molar-refractivity contribution in [2.75, 3.05) is 0 Å². The van der Waals surface area contributed by atoms with Gasteiger partial charge in [-0.15, -0.1) is 0 Å². The molecule has 3 aromatic rings. The Hall–Kier alpha value is -2.48. The van der Waals surface area contributed by atoms with Gasteiger partial charge in [0.2, 0.25) is 0 Å². The second-order valence-corrected chi connectivity index (χ2v) is 10.0. The van der Waals surface area contributed by atoms with E-state index in [0.717, 1.165) is 5.56 Å². The minimum atomic E-state index is -4.27. The van der Waals surface area contributed by atoms with Crippen LogP contribution in [0.15, 0.2) is 94.7 Å². The maximum Gasteiger partial charge on any atom is 0.256 e. The van der Waals surface area contributed by atoms with Gasteiger partial charge >= 0.3 is 0 Å². The molecule has 5 nitrogen and oxygen atoms in total. The number of hydrogen-bond donors (Lipinski definition) is 0. The van der Waals surface area contributed by atoms with Crippen molar-refractivity contribution in [1.82, 2.24) is 3.71 Å². The van der Waals surface area contributed by atoms with E-state index in [-0.39, 0.29) is 16.3 Å². The molecule has 0 aliphatic heterocycles. The Morgan fingerprint density at radius 2 is 1.15 bits per heavy atom. The van der Waals surface area contributed by atoms with E-state index in [1.807, 2.05) is 13.0 Å². The summed E-state index contributed by atoms with van der Waals surface area (Å²) < 4.78 is 53.3. The van der Waals surface area contributed by atoms with E-state index >= 15 is 0 Å². The molecule has 0 spiro atoms. The van der Waals surface area contributed by atoms with Crippen LogP contribution in [0.5, 0.6) is 0 Å². The third kappa shape index (κ3) is 4.10. The van der Waals surface area contributed by atoms with Crippen LogP contribution >= 0.6 is 0 Å². The van der Waals surface area contributed by atoms with Crippen molar-refractivity contribution in [3.63, 3.8) is 0 Å². The summed E-state index contributed by atoms with van der Waals surface area (Å²) in [6.07, 6.45) is 0. The largest absolute Gasteiger partial charge is 0.256 e. The smallest absolute Gasteiger partial charge is 0.206 e. The second kappa shape index (κ2) is 7.64. The third-order valence-corrected chi connectivity index (χ3v) is 8.26. The first-order valence-corrected chi connectivity index (χ1v) is 11.1. The zero-order valence-electron chi connectivity index (χ0n) is 14.7. The average Bonchev–Trinajstić information content (AvgIpc) is 2.67. The molecule has 3 rings (SSSR count). The molecule has 140 valence electrons. The molecule has 0 amide bonds. The highest BCUT2D eigenvalue weighted by molar-refractivity contribution is 8.04. The molecule has 0 radical (unpaired) electrons. The van der Waals surface area contributed by atoms with Crippen molar-refractivity contribution in [3.8, 4) is 0 Å². The van der Waals surface area contributed by atoms with Crippen LogP contribution in [0.2, 0.25) is 0 Å².